The Morgan fingerprint density at radius 2 is 1.85 bits per heavy atom. The smallest absolute Gasteiger partial charge is 0.119 e. The monoisotopic (exact) mass is 280 g/mol. The predicted molar refractivity (Wildman–Crippen MR) is 83.2 cm³/mol. The number of rotatable bonds is 9. The second-order valence-corrected chi connectivity index (χ2v) is 5.22. The highest BCUT2D eigenvalue weighted by molar-refractivity contribution is 5.29. The van der Waals surface area contributed by atoms with E-state index < -0.39 is 6.10 Å². The van der Waals surface area contributed by atoms with Gasteiger partial charge in [0.15, 0.2) is 0 Å². The lowest BCUT2D eigenvalue weighted by molar-refractivity contribution is 0.125. The van der Waals surface area contributed by atoms with Gasteiger partial charge in [0.05, 0.1) is 12.7 Å². The number of aliphatic hydroxyl groups is 1. The summed E-state index contributed by atoms with van der Waals surface area (Å²) in [6, 6.07) is 7.77. The van der Waals surface area contributed by atoms with Crippen LogP contribution in [0.1, 0.15) is 31.9 Å². The molecule has 1 aromatic carbocycles. The first-order valence-electron chi connectivity index (χ1n) is 7.37. The molecule has 0 fully saturated rings. The minimum absolute atomic E-state index is 0.0768. The molecule has 0 heterocycles. The lowest BCUT2D eigenvalue weighted by atomic mass is 10.00. The Kier molecular flexibility index (Phi) is 7.59. The quantitative estimate of drug-likeness (QED) is 0.727. The molecular formula is C16H28N2O2. The van der Waals surface area contributed by atoms with Crippen LogP contribution in [0.4, 0.5) is 0 Å². The molecule has 0 aliphatic carbocycles. The molecule has 2 unspecified atom stereocenters. The SMILES string of the molecule is CCOc1ccc(C(O)C(CC)NCCN(C)C)cc1. The molecule has 1 aromatic rings. The van der Waals surface area contributed by atoms with Gasteiger partial charge in [-0.05, 0) is 45.1 Å². The Morgan fingerprint density at radius 3 is 2.35 bits per heavy atom. The van der Waals surface area contributed by atoms with E-state index in [0.29, 0.717) is 6.61 Å². The van der Waals surface area contributed by atoms with E-state index in [1.54, 1.807) is 0 Å². The van der Waals surface area contributed by atoms with Gasteiger partial charge >= 0.3 is 0 Å². The number of likely N-dealkylation sites (N-methyl/N-ethyl adjacent to an activating group) is 1. The van der Waals surface area contributed by atoms with Crippen LogP contribution < -0.4 is 10.1 Å². The van der Waals surface area contributed by atoms with Gasteiger partial charge < -0.3 is 20.1 Å². The van der Waals surface area contributed by atoms with E-state index in [2.05, 4.69) is 17.1 Å². The van der Waals surface area contributed by atoms with Crippen LogP contribution in [0, 0.1) is 0 Å². The molecule has 0 saturated carbocycles. The fraction of sp³-hybridized carbons (Fsp3) is 0.625. The van der Waals surface area contributed by atoms with Crippen LogP contribution in [0.25, 0.3) is 0 Å². The Balaban J connectivity index is 2.58. The lowest BCUT2D eigenvalue weighted by Gasteiger charge is -2.24. The Hall–Kier alpha value is -1.10. The van der Waals surface area contributed by atoms with Gasteiger partial charge in [0, 0.05) is 19.1 Å². The molecule has 0 radical (unpaired) electrons. The molecule has 0 saturated heterocycles. The molecule has 1 rings (SSSR count). The van der Waals surface area contributed by atoms with E-state index in [0.717, 1.165) is 30.8 Å². The molecule has 2 atom stereocenters. The third kappa shape index (κ3) is 5.49. The number of aliphatic hydroxyl groups excluding tert-OH is 1. The molecule has 2 N–H and O–H groups in total. The van der Waals surface area contributed by atoms with Crippen molar-refractivity contribution in [1.29, 1.82) is 0 Å². The first kappa shape index (κ1) is 17.0. The minimum Gasteiger partial charge on any atom is -0.494 e. The van der Waals surface area contributed by atoms with Gasteiger partial charge in [-0.15, -0.1) is 0 Å². The van der Waals surface area contributed by atoms with Gasteiger partial charge in [-0.2, -0.15) is 0 Å². The van der Waals surface area contributed by atoms with Gasteiger partial charge in [0.25, 0.3) is 0 Å². The Labute approximate surface area is 122 Å². The van der Waals surface area contributed by atoms with E-state index in [1.807, 2.05) is 45.3 Å². The average Bonchev–Trinajstić information content (AvgIpc) is 2.44. The molecule has 0 aliphatic heterocycles. The fourth-order valence-corrected chi connectivity index (χ4v) is 2.11. The Morgan fingerprint density at radius 1 is 1.20 bits per heavy atom. The van der Waals surface area contributed by atoms with E-state index >= 15 is 0 Å². The van der Waals surface area contributed by atoms with Crippen molar-refractivity contribution in [2.24, 2.45) is 0 Å². The molecule has 4 nitrogen and oxygen atoms in total. The molecule has 0 bridgehead atoms. The van der Waals surface area contributed by atoms with Gasteiger partial charge in [0.2, 0.25) is 0 Å². The van der Waals surface area contributed by atoms with Crippen molar-refractivity contribution in [2.75, 3.05) is 33.8 Å². The third-order valence-electron chi connectivity index (χ3n) is 3.32. The highest BCUT2D eigenvalue weighted by atomic mass is 16.5. The summed E-state index contributed by atoms with van der Waals surface area (Å²) in [4.78, 5) is 2.13. The summed E-state index contributed by atoms with van der Waals surface area (Å²) in [5, 5.41) is 13.9. The van der Waals surface area contributed by atoms with Gasteiger partial charge in [-0.1, -0.05) is 19.1 Å². The van der Waals surface area contributed by atoms with Crippen molar-refractivity contribution in [3.8, 4) is 5.75 Å². The normalized spacial score (nSPS) is 14.3. The second-order valence-electron chi connectivity index (χ2n) is 5.22. The summed E-state index contributed by atoms with van der Waals surface area (Å²) in [6.45, 7) is 6.55. The molecule has 0 aliphatic rings. The van der Waals surface area contributed by atoms with Gasteiger partial charge in [-0.25, -0.2) is 0 Å². The van der Waals surface area contributed by atoms with E-state index in [-0.39, 0.29) is 6.04 Å². The molecular weight excluding hydrogens is 252 g/mol. The van der Waals surface area contributed by atoms with Crippen molar-refractivity contribution in [3.63, 3.8) is 0 Å². The van der Waals surface area contributed by atoms with E-state index in [9.17, 15) is 5.11 Å². The summed E-state index contributed by atoms with van der Waals surface area (Å²) in [7, 11) is 4.09. The van der Waals surface area contributed by atoms with Crippen LogP contribution >= 0.6 is 0 Å². The molecule has 0 aromatic heterocycles. The Bertz CT molecular complexity index is 365. The van der Waals surface area contributed by atoms with Gasteiger partial charge in [-0.3, -0.25) is 0 Å². The topological polar surface area (TPSA) is 44.7 Å². The average molecular weight is 280 g/mol. The lowest BCUT2D eigenvalue weighted by Crippen LogP contribution is -2.38. The number of benzene rings is 1. The van der Waals surface area contributed by atoms with Crippen molar-refractivity contribution in [1.82, 2.24) is 10.2 Å². The number of ether oxygens (including phenoxy) is 1. The molecule has 20 heavy (non-hydrogen) atoms. The van der Waals surface area contributed by atoms with Crippen molar-refractivity contribution in [3.05, 3.63) is 29.8 Å². The predicted octanol–water partition coefficient (Wildman–Crippen LogP) is 2.05. The van der Waals surface area contributed by atoms with Crippen molar-refractivity contribution < 1.29 is 9.84 Å². The summed E-state index contributed by atoms with van der Waals surface area (Å²) >= 11 is 0. The second kappa shape index (κ2) is 8.95. The van der Waals surface area contributed by atoms with E-state index in [4.69, 9.17) is 4.74 Å². The zero-order chi connectivity index (χ0) is 15.0. The van der Waals surface area contributed by atoms with E-state index in [1.165, 1.54) is 0 Å². The van der Waals surface area contributed by atoms with Crippen LogP contribution in [-0.2, 0) is 0 Å². The van der Waals surface area contributed by atoms with Crippen LogP contribution in [0.3, 0.4) is 0 Å². The number of hydrogen-bond acceptors (Lipinski definition) is 4. The molecule has 0 spiro atoms. The fourth-order valence-electron chi connectivity index (χ4n) is 2.11. The largest absolute Gasteiger partial charge is 0.494 e. The summed E-state index contributed by atoms with van der Waals surface area (Å²) in [5.74, 6) is 0.845. The molecule has 0 amide bonds. The van der Waals surface area contributed by atoms with Crippen LogP contribution in [0.15, 0.2) is 24.3 Å². The maximum atomic E-state index is 10.4. The zero-order valence-corrected chi connectivity index (χ0v) is 13.1. The summed E-state index contributed by atoms with van der Waals surface area (Å²) < 4.78 is 5.42. The maximum absolute atomic E-state index is 10.4. The van der Waals surface area contributed by atoms with Crippen LogP contribution in [-0.4, -0.2) is 49.8 Å². The standard InChI is InChI=1S/C16H28N2O2/c1-5-15(17-11-12-18(3)4)16(19)13-7-9-14(10-8-13)20-6-2/h7-10,15-17,19H,5-6,11-12H2,1-4H3. The van der Waals surface area contributed by atoms with Crippen LogP contribution in [0.2, 0.25) is 0 Å². The zero-order valence-electron chi connectivity index (χ0n) is 13.1. The minimum atomic E-state index is -0.488. The summed E-state index contributed by atoms with van der Waals surface area (Å²) in [6.07, 6.45) is 0.403. The van der Waals surface area contributed by atoms with Crippen molar-refractivity contribution in [2.45, 2.75) is 32.4 Å². The number of hydrogen-bond donors (Lipinski definition) is 2. The number of nitrogens with one attached hydrogen (secondary N) is 1. The van der Waals surface area contributed by atoms with Crippen molar-refractivity contribution >= 4 is 0 Å². The molecule has 114 valence electrons. The highest BCUT2D eigenvalue weighted by Gasteiger charge is 2.18. The summed E-state index contributed by atoms with van der Waals surface area (Å²) in [5.41, 5.74) is 0.928. The molecule has 4 heteroatoms. The third-order valence-corrected chi connectivity index (χ3v) is 3.32. The highest BCUT2D eigenvalue weighted by Crippen LogP contribution is 2.21. The first-order valence-corrected chi connectivity index (χ1v) is 7.37. The first-order chi connectivity index (χ1) is 9.58. The van der Waals surface area contributed by atoms with Crippen LogP contribution in [0.5, 0.6) is 5.75 Å². The number of nitrogens with zero attached hydrogens (tertiary/aromatic N) is 1. The maximum Gasteiger partial charge on any atom is 0.119 e. The van der Waals surface area contributed by atoms with Gasteiger partial charge in [0.1, 0.15) is 5.75 Å².